The van der Waals surface area contributed by atoms with Gasteiger partial charge in [-0.3, -0.25) is 0 Å². The number of ether oxygens (including phenoxy) is 2. The van der Waals surface area contributed by atoms with Crippen LogP contribution in [0.25, 0.3) is 0 Å². The lowest BCUT2D eigenvalue weighted by Crippen LogP contribution is -2.23. The fourth-order valence-corrected chi connectivity index (χ4v) is 1.88. The Hall–Kier alpha value is -1.90. The van der Waals surface area contributed by atoms with Gasteiger partial charge in [0, 0.05) is 5.56 Å². The number of hydrogen-bond donors (Lipinski definition) is 0. The highest BCUT2D eigenvalue weighted by atomic mass is 16.8. The van der Waals surface area contributed by atoms with E-state index >= 15 is 0 Å². The lowest BCUT2D eigenvalue weighted by Gasteiger charge is -2.16. The fourth-order valence-electron chi connectivity index (χ4n) is 1.88. The summed E-state index contributed by atoms with van der Waals surface area (Å²) in [5.74, 6) is -0.577. The topological polar surface area (TPSA) is 63.8 Å². The maximum absolute atomic E-state index is 9.11. The molecule has 0 radical (unpaired) electrons. The van der Waals surface area contributed by atoms with Crippen molar-refractivity contribution in [3.63, 3.8) is 0 Å². The number of oxime groups is 1. The largest absolute Gasteiger partial charge is 0.392 e. The molecule has 0 aliphatic carbocycles. The van der Waals surface area contributed by atoms with Crippen LogP contribution < -0.4 is 0 Å². The van der Waals surface area contributed by atoms with Crippen molar-refractivity contribution in [2.24, 2.45) is 5.16 Å². The normalized spacial score (nSPS) is 21.5. The van der Waals surface area contributed by atoms with Gasteiger partial charge in [0.15, 0.2) is 11.5 Å². The average Bonchev–Trinajstić information content (AvgIpc) is 2.76. The molecule has 1 aromatic carbocycles. The molecule has 1 aliphatic rings. The summed E-state index contributed by atoms with van der Waals surface area (Å²) in [4.78, 5) is 5.21. The molecule has 1 unspecified atom stereocenters. The van der Waals surface area contributed by atoms with Gasteiger partial charge >= 0.3 is 0 Å². The van der Waals surface area contributed by atoms with Crippen LogP contribution in [0.1, 0.15) is 25.0 Å². The summed E-state index contributed by atoms with van der Waals surface area (Å²) in [6, 6.07) is 9.58. The molecule has 1 aromatic rings. The summed E-state index contributed by atoms with van der Waals surface area (Å²) in [6.07, 6.45) is -0.160. The van der Waals surface area contributed by atoms with Gasteiger partial charge in [0.25, 0.3) is 0 Å². The van der Waals surface area contributed by atoms with Crippen LogP contribution in [0.3, 0.4) is 0 Å². The number of nitrogens with zero attached hydrogens (tertiary/aromatic N) is 2. The molecule has 0 spiro atoms. The third kappa shape index (κ3) is 3.80. The predicted octanol–water partition coefficient (Wildman–Crippen LogP) is 2.39. The van der Waals surface area contributed by atoms with E-state index in [-0.39, 0.29) is 18.4 Å². The van der Waals surface area contributed by atoms with Crippen molar-refractivity contribution in [3.05, 3.63) is 35.4 Å². The Labute approximate surface area is 118 Å². The summed E-state index contributed by atoms with van der Waals surface area (Å²) in [5, 5.41) is 13.0. The highest BCUT2D eigenvalue weighted by Crippen LogP contribution is 2.22. The predicted molar refractivity (Wildman–Crippen MR) is 74.2 cm³/mol. The van der Waals surface area contributed by atoms with E-state index in [1.807, 2.05) is 51.1 Å². The third-order valence-corrected chi connectivity index (χ3v) is 2.91. The van der Waals surface area contributed by atoms with Gasteiger partial charge in [-0.05, 0) is 20.8 Å². The minimum Gasteiger partial charge on any atom is -0.392 e. The van der Waals surface area contributed by atoms with Crippen LogP contribution in [0.15, 0.2) is 29.4 Å². The molecule has 1 atom stereocenters. The molecule has 1 aliphatic heterocycles. The Kier molecular flexibility index (Phi) is 4.38. The molecule has 5 nitrogen and oxygen atoms in total. The lowest BCUT2D eigenvalue weighted by molar-refractivity contribution is -0.144. The molecular formula is C15H18N2O3. The van der Waals surface area contributed by atoms with E-state index in [4.69, 9.17) is 19.6 Å². The number of aryl methyl sites for hydroxylation is 1. The van der Waals surface area contributed by atoms with Gasteiger partial charge in [0.05, 0.1) is 6.61 Å². The number of rotatable bonds is 4. The van der Waals surface area contributed by atoms with Gasteiger partial charge in [-0.25, -0.2) is 0 Å². The number of nitriles is 1. The minimum absolute atomic E-state index is 0.160. The molecule has 0 bridgehead atoms. The van der Waals surface area contributed by atoms with Gasteiger partial charge in [-0.1, -0.05) is 35.0 Å². The van der Waals surface area contributed by atoms with Crippen LogP contribution >= 0.6 is 0 Å². The molecule has 0 amide bonds. The van der Waals surface area contributed by atoms with Crippen molar-refractivity contribution in [2.45, 2.75) is 32.7 Å². The smallest absolute Gasteiger partial charge is 0.186 e. The zero-order valence-corrected chi connectivity index (χ0v) is 11.9. The number of hydrogen-bond acceptors (Lipinski definition) is 5. The van der Waals surface area contributed by atoms with E-state index in [1.165, 1.54) is 0 Å². The van der Waals surface area contributed by atoms with Crippen molar-refractivity contribution in [1.29, 1.82) is 5.26 Å². The van der Waals surface area contributed by atoms with Gasteiger partial charge in [-0.2, -0.15) is 5.26 Å². The molecule has 20 heavy (non-hydrogen) atoms. The van der Waals surface area contributed by atoms with Crippen LogP contribution in [0.4, 0.5) is 0 Å². The van der Waals surface area contributed by atoms with E-state index in [9.17, 15) is 0 Å². The monoisotopic (exact) mass is 274 g/mol. The van der Waals surface area contributed by atoms with Crippen LogP contribution in [-0.4, -0.2) is 30.8 Å². The van der Waals surface area contributed by atoms with Crippen molar-refractivity contribution in [2.75, 3.05) is 13.2 Å². The SMILES string of the molecule is Cc1ccc(C(C#N)=NOCC2COC(C)(C)O2)cc1. The Morgan fingerprint density at radius 1 is 1.45 bits per heavy atom. The second-order valence-corrected chi connectivity index (χ2v) is 5.16. The lowest BCUT2D eigenvalue weighted by atomic mass is 10.1. The summed E-state index contributed by atoms with van der Waals surface area (Å²) in [7, 11) is 0. The maximum Gasteiger partial charge on any atom is 0.186 e. The summed E-state index contributed by atoms with van der Waals surface area (Å²) in [6.45, 7) is 6.42. The van der Waals surface area contributed by atoms with E-state index in [0.717, 1.165) is 11.1 Å². The zero-order chi connectivity index (χ0) is 14.6. The molecule has 1 heterocycles. The quantitative estimate of drug-likeness (QED) is 0.624. The summed E-state index contributed by atoms with van der Waals surface area (Å²) >= 11 is 0. The van der Waals surface area contributed by atoms with Crippen molar-refractivity contribution >= 4 is 5.71 Å². The van der Waals surface area contributed by atoms with Gasteiger partial charge in [0.1, 0.15) is 18.8 Å². The first-order chi connectivity index (χ1) is 9.50. The maximum atomic E-state index is 9.11. The molecule has 2 rings (SSSR count). The summed E-state index contributed by atoms with van der Waals surface area (Å²) in [5.41, 5.74) is 2.12. The highest BCUT2D eigenvalue weighted by molar-refractivity contribution is 6.11. The van der Waals surface area contributed by atoms with E-state index < -0.39 is 5.79 Å². The van der Waals surface area contributed by atoms with E-state index in [2.05, 4.69) is 5.16 Å². The molecule has 0 aromatic heterocycles. The van der Waals surface area contributed by atoms with Gasteiger partial charge in [0.2, 0.25) is 0 Å². The van der Waals surface area contributed by atoms with Crippen molar-refractivity contribution < 1.29 is 14.3 Å². The molecule has 1 saturated heterocycles. The molecule has 1 fully saturated rings. The minimum atomic E-state index is -0.577. The third-order valence-electron chi connectivity index (χ3n) is 2.91. The van der Waals surface area contributed by atoms with Crippen LogP contribution in [0.5, 0.6) is 0 Å². The fraction of sp³-hybridized carbons (Fsp3) is 0.467. The zero-order valence-electron chi connectivity index (χ0n) is 11.9. The highest BCUT2D eigenvalue weighted by Gasteiger charge is 2.33. The average molecular weight is 274 g/mol. The Bertz CT molecular complexity index is 529. The second kappa shape index (κ2) is 6.04. The molecular weight excluding hydrogens is 256 g/mol. The molecule has 0 N–H and O–H groups in total. The first kappa shape index (κ1) is 14.5. The Morgan fingerprint density at radius 2 is 2.15 bits per heavy atom. The van der Waals surface area contributed by atoms with Crippen molar-refractivity contribution in [3.8, 4) is 6.07 Å². The van der Waals surface area contributed by atoms with Crippen LogP contribution in [0.2, 0.25) is 0 Å². The van der Waals surface area contributed by atoms with Crippen LogP contribution in [-0.2, 0) is 14.3 Å². The summed E-state index contributed by atoms with van der Waals surface area (Å²) < 4.78 is 11.0. The standard InChI is InChI=1S/C15H18N2O3/c1-11-4-6-12(7-5-11)14(8-16)17-19-10-13-9-18-15(2,3)20-13/h4-7,13H,9-10H2,1-3H3. The van der Waals surface area contributed by atoms with Gasteiger partial charge in [-0.15, -0.1) is 0 Å². The van der Waals surface area contributed by atoms with Crippen molar-refractivity contribution in [1.82, 2.24) is 0 Å². The molecule has 5 heteroatoms. The van der Waals surface area contributed by atoms with E-state index in [0.29, 0.717) is 6.61 Å². The Balaban J connectivity index is 1.92. The van der Waals surface area contributed by atoms with E-state index in [1.54, 1.807) is 0 Å². The first-order valence-electron chi connectivity index (χ1n) is 6.49. The second-order valence-electron chi connectivity index (χ2n) is 5.16. The first-order valence-corrected chi connectivity index (χ1v) is 6.49. The van der Waals surface area contributed by atoms with Gasteiger partial charge < -0.3 is 14.3 Å². The number of benzene rings is 1. The Morgan fingerprint density at radius 3 is 2.70 bits per heavy atom. The molecule has 0 saturated carbocycles. The van der Waals surface area contributed by atoms with Crippen LogP contribution in [0, 0.1) is 18.3 Å². The molecule has 106 valence electrons.